The smallest absolute Gasteiger partial charge is 0.0492 e. The van der Waals surface area contributed by atoms with Crippen molar-refractivity contribution in [2.24, 2.45) is 5.92 Å². The highest BCUT2D eigenvalue weighted by molar-refractivity contribution is 5.76. The highest BCUT2D eigenvalue weighted by Gasteiger charge is 2.36. The fourth-order valence-corrected chi connectivity index (χ4v) is 4.16. The Kier molecular flexibility index (Phi) is 6.16. The molecule has 1 aliphatic heterocycles. The molecule has 1 aliphatic carbocycles. The first-order chi connectivity index (χ1) is 12.7. The number of benzene rings is 1. The molecule has 2 nitrogen and oxygen atoms in total. The normalized spacial score (nSPS) is 21.3. The van der Waals surface area contributed by atoms with Gasteiger partial charge in [-0.1, -0.05) is 48.9 Å². The third-order valence-corrected chi connectivity index (χ3v) is 5.58. The summed E-state index contributed by atoms with van der Waals surface area (Å²) in [5.41, 5.74) is 7.49. The van der Waals surface area contributed by atoms with E-state index >= 15 is 0 Å². The molecule has 0 fully saturated rings. The Morgan fingerprint density at radius 3 is 2.73 bits per heavy atom. The molecule has 1 aromatic carbocycles. The first kappa shape index (κ1) is 18.7. The van der Waals surface area contributed by atoms with Gasteiger partial charge in [-0.3, -0.25) is 0 Å². The molecule has 2 atom stereocenters. The minimum absolute atomic E-state index is 0.453. The summed E-state index contributed by atoms with van der Waals surface area (Å²) in [5.74, 6) is 0.492. The van der Waals surface area contributed by atoms with Crippen molar-refractivity contribution in [1.29, 1.82) is 0 Å². The molecule has 0 bridgehead atoms. The van der Waals surface area contributed by atoms with Crippen molar-refractivity contribution in [2.45, 2.75) is 45.7 Å². The molecule has 2 heteroatoms. The van der Waals surface area contributed by atoms with Crippen molar-refractivity contribution in [2.75, 3.05) is 13.6 Å². The minimum atomic E-state index is 0.453. The van der Waals surface area contributed by atoms with Crippen LogP contribution in [0.4, 0.5) is 0 Å². The number of hydrogen-bond acceptors (Lipinski definition) is 2. The van der Waals surface area contributed by atoms with E-state index in [1.54, 1.807) is 5.57 Å². The van der Waals surface area contributed by atoms with E-state index in [9.17, 15) is 0 Å². The second kappa shape index (κ2) is 8.55. The highest BCUT2D eigenvalue weighted by atomic mass is 15.1. The molecular formula is C24H32N2. The number of dihydropyridines is 1. The van der Waals surface area contributed by atoms with Crippen LogP contribution in [-0.2, 0) is 6.54 Å². The quantitative estimate of drug-likeness (QED) is 0.615. The highest BCUT2D eigenvalue weighted by Crippen LogP contribution is 2.48. The average Bonchev–Trinajstić information content (AvgIpc) is 3.37. The second-order valence-corrected chi connectivity index (χ2v) is 7.51. The van der Waals surface area contributed by atoms with Gasteiger partial charge in [0.1, 0.15) is 0 Å². The monoisotopic (exact) mass is 348 g/mol. The van der Waals surface area contributed by atoms with Gasteiger partial charge in [-0.25, -0.2) is 0 Å². The lowest BCUT2D eigenvalue weighted by atomic mass is 9.89. The van der Waals surface area contributed by atoms with Gasteiger partial charge in [0.25, 0.3) is 0 Å². The number of nitrogens with one attached hydrogen (secondary N) is 1. The molecule has 1 heterocycles. The van der Waals surface area contributed by atoms with E-state index in [4.69, 9.17) is 0 Å². The predicted octanol–water partition coefficient (Wildman–Crippen LogP) is 5.22. The maximum Gasteiger partial charge on any atom is 0.0492 e. The third-order valence-electron chi connectivity index (χ3n) is 5.58. The van der Waals surface area contributed by atoms with Crippen LogP contribution in [0.1, 0.15) is 38.7 Å². The van der Waals surface area contributed by atoms with Crippen molar-refractivity contribution >= 4 is 0 Å². The van der Waals surface area contributed by atoms with E-state index in [2.05, 4.69) is 86.4 Å². The lowest BCUT2D eigenvalue weighted by Crippen LogP contribution is -2.20. The van der Waals surface area contributed by atoms with Crippen LogP contribution in [0.5, 0.6) is 0 Å². The zero-order valence-corrected chi connectivity index (χ0v) is 16.5. The number of hydrogen-bond donors (Lipinski definition) is 1. The van der Waals surface area contributed by atoms with Gasteiger partial charge >= 0.3 is 0 Å². The molecule has 26 heavy (non-hydrogen) atoms. The molecule has 2 unspecified atom stereocenters. The van der Waals surface area contributed by atoms with E-state index in [0.717, 1.165) is 19.5 Å². The molecule has 1 N–H and O–H groups in total. The Morgan fingerprint density at radius 1 is 1.31 bits per heavy atom. The van der Waals surface area contributed by atoms with Crippen molar-refractivity contribution in [3.63, 3.8) is 0 Å². The van der Waals surface area contributed by atoms with Crippen LogP contribution in [0.3, 0.4) is 0 Å². The summed E-state index contributed by atoms with van der Waals surface area (Å²) in [6.45, 7) is 10.8. The molecule has 0 saturated heterocycles. The van der Waals surface area contributed by atoms with Crippen LogP contribution in [0.2, 0.25) is 0 Å². The zero-order valence-electron chi connectivity index (χ0n) is 16.5. The van der Waals surface area contributed by atoms with E-state index in [1.165, 1.54) is 35.1 Å². The van der Waals surface area contributed by atoms with Gasteiger partial charge in [0.05, 0.1) is 0 Å². The van der Waals surface area contributed by atoms with Gasteiger partial charge in [-0.2, -0.15) is 0 Å². The van der Waals surface area contributed by atoms with E-state index in [1.807, 2.05) is 0 Å². The Bertz CT molecular complexity index is 724. The Hall–Kier alpha value is -2.06. The average molecular weight is 349 g/mol. The topological polar surface area (TPSA) is 15.3 Å². The lowest BCUT2D eigenvalue weighted by Gasteiger charge is -2.20. The van der Waals surface area contributed by atoms with Gasteiger partial charge in [0.2, 0.25) is 0 Å². The fraction of sp³-hybridized carbons (Fsp3) is 0.417. The van der Waals surface area contributed by atoms with Crippen LogP contribution < -0.4 is 5.32 Å². The van der Waals surface area contributed by atoms with Gasteiger partial charge in [-0.05, 0) is 80.3 Å². The standard InChI is InChI=1S/C24H32N2/c1-5-20(13-10-16-26(4)17-19-11-8-7-9-12-19)21(6-2)24-22-14-15-25-18(3)23(22)24/h5,7-9,11-12,14-15,18,20,25H,1,6,10,13,16-17H2,2-4H3/b24-21-. The van der Waals surface area contributed by atoms with Gasteiger partial charge < -0.3 is 10.2 Å². The Morgan fingerprint density at radius 2 is 2.08 bits per heavy atom. The first-order valence-electron chi connectivity index (χ1n) is 9.91. The molecule has 3 rings (SSSR count). The summed E-state index contributed by atoms with van der Waals surface area (Å²) in [5, 5.41) is 3.42. The van der Waals surface area contributed by atoms with Crippen molar-refractivity contribution in [3.8, 4) is 0 Å². The van der Waals surface area contributed by atoms with Crippen molar-refractivity contribution in [3.05, 3.63) is 83.1 Å². The summed E-state index contributed by atoms with van der Waals surface area (Å²) in [6.07, 6.45) is 9.97. The maximum absolute atomic E-state index is 4.14. The summed E-state index contributed by atoms with van der Waals surface area (Å²) in [4.78, 5) is 2.42. The second-order valence-electron chi connectivity index (χ2n) is 7.51. The number of nitrogens with zero attached hydrogens (tertiary/aromatic N) is 1. The van der Waals surface area contributed by atoms with E-state index in [-0.39, 0.29) is 0 Å². The molecule has 2 aliphatic rings. The third kappa shape index (κ3) is 4.19. The van der Waals surface area contributed by atoms with Crippen LogP contribution in [-0.4, -0.2) is 24.5 Å². The fourth-order valence-electron chi connectivity index (χ4n) is 4.16. The van der Waals surface area contributed by atoms with Gasteiger partial charge in [0.15, 0.2) is 0 Å². The lowest BCUT2D eigenvalue weighted by molar-refractivity contribution is 0.314. The molecular weight excluding hydrogens is 316 g/mol. The molecule has 0 spiro atoms. The van der Waals surface area contributed by atoms with Crippen molar-refractivity contribution < 1.29 is 0 Å². The minimum Gasteiger partial charge on any atom is -0.384 e. The summed E-state index contributed by atoms with van der Waals surface area (Å²) >= 11 is 0. The SMILES string of the molecule is C=CC(CCCN(C)Cc1ccccc1)/C(CC)=C1C2=C/1C(C)NC=C2. The van der Waals surface area contributed by atoms with Crippen molar-refractivity contribution in [1.82, 2.24) is 10.2 Å². The molecule has 138 valence electrons. The summed E-state index contributed by atoms with van der Waals surface area (Å²) in [7, 11) is 2.22. The molecule has 0 radical (unpaired) electrons. The van der Waals surface area contributed by atoms with Crippen LogP contribution >= 0.6 is 0 Å². The molecule has 0 saturated carbocycles. The zero-order chi connectivity index (χ0) is 18.5. The van der Waals surface area contributed by atoms with E-state index < -0.39 is 0 Å². The van der Waals surface area contributed by atoms with Gasteiger partial charge in [0, 0.05) is 12.6 Å². The first-order valence-corrected chi connectivity index (χ1v) is 9.91. The molecule has 1 aromatic rings. The maximum atomic E-state index is 4.14. The molecule has 0 aromatic heterocycles. The van der Waals surface area contributed by atoms with Gasteiger partial charge in [-0.15, -0.1) is 6.58 Å². The molecule has 0 amide bonds. The predicted molar refractivity (Wildman–Crippen MR) is 112 cm³/mol. The largest absolute Gasteiger partial charge is 0.384 e. The van der Waals surface area contributed by atoms with E-state index in [0.29, 0.717) is 12.0 Å². The Labute approximate surface area is 159 Å². The summed E-state index contributed by atoms with van der Waals surface area (Å²) < 4.78 is 0. The van der Waals surface area contributed by atoms with Crippen LogP contribution in [0, 0.1) is 5.92 Å². The number of allylic oxidation sites excluding steroid dienone is 4. The number of rotatable bonds is 9. The summed E-state index contributed by atoms with van der Waals surface area (Å²) in [6, 6.07) is 11.2. The Balaban J connectivity index is 1.54. The van der Waals surface area contributed by atoms with Crippen LogP contribution in [0.25, 0.3) is 0 Å². The van der Waals surface area contributed by atoms with Crippen LogP contribution in [0.15, 0.2) is 77.6 Å².